The molecule has 1 saturated heterocycles. The number of alkyl halides is 2. The molecule has 4 N–H and O–H groups in total. The third kappa shape index (κ3) is 7.02. The molecule has 2 aliphatic rings. The van der Waals surface area contributed by atoms with Crippen molar-refractivity contribution in [3.8, 4) is 0 Å². The van der Waals surface area contributed by atoms with Crippen molar-refractivity contribution in [1.82, 2.24) is 9.55 Å². The Hall–Kier alpha value is -2.96. The van der Waals surface area contributed by atoms with Crippen molar-refractivity contribution < 1.29 is 38.4 Å². The van der Waals surface area contributed by atoms with E-state index in [1.54, 1.807) is 18.2 Å². The van der Waals surface area contributed by atoms with Crippen LogP contribution in [0.1, 0.15) is 77.4 Å². The number of aliphatic hydroxyl groups excluding tert-OH is 2. The smallest absolute Gasteiger partial charge is 0.351 e. The van der Waals surface area contributed by atoms with E-state index in [0.29, 0.717) is 11.0 Å². The minimum Gasteiger partial charge on any atom is -0.481 e. The number of amides is 1. The minimum atomic E-state index is -3.88. The van der Waals surface area contributed by atoms with E-state index in [9.17, 15) is 38.5 Å². The number of nitrogens with one attached hydrogen (secondary N) is 1. The highest BCUT2D eigenvalue weighted by atomic mass is 19.3. The van der Waals surface area contributed by atoms with E-state index in [1.807, 2.05) is 0 Å². The molecule has 1 fully saturated rings. The largest absolute Gasteiger partial charge is 0.481 e. The first-order valence-corrected chi connectivity index (χ1v) is 13.9. The van der Waals surface area contributed by atoms with Crippen molar-refractivity contribution in [3.63, 3.8) is 0 Å². The van der Waals surface area contributed by atoms with Crippen LogP contribution in [0.2, 0.25) is 0 Å². The lowest BCUT2D eigenvalue weighted by Crippen LogP contribution is -2.45. The summed E-state index contributed by atoms with van der Waals surface area (Å²) in [5, 5.41) is 31.3. The summed E-state index contributed by atoms with van der Waals surface area (Å²) in [7, 11) is 0. The number of aliphatic hydroxyl groups is 2. The van der Waals surface area contributed by atoms with Crippen LogP contribution in [0.15, 0.2) is 41.4 Å². The van der Waals surface area contributed by atoms with Gasteiger partial charge in [-0.3, -0.25) is 14.2 Å². The van der Waals surface area contributed by atoms with Crippen LogP contribution in [0.25, 0.3) is 0 Å². The van der Waals surface area contributed by atoms with Crippen LogP contribution in [0.5, 0.6) is 0 Å². The second-order valence-corrected chi connectivity index (χ2v) is 10.5. The number of carbonyl (C=O) groups excluding carboxylic acids is 1. The Balaban J connectivity index is 1.71. The standard InChI is InChI=1S/C28H39F2N3O7/c1-2-3-4-5-6-7-8-9-11-15-27(16-12-10-13-19(27)23(36)37)24(38)31-21-14-17-33(26(39)32-21)25-28(29,30)22(35)20(18-34)40-25/h10,12-14,16-17,19-20,22,25,34-35H,2-9,11,15,18H2,1H3,(H,36,37)(H,31,32,38,39)/t19?,20-,22-,25-,27?/m1/s1. The fraction of sp³-hybridized carbons (Fsp3) is 0.643. The summed E-state index contributed by atoms with van der Waals surface area (Å²) in [6.07, 6.45) is 10.7. The van der Waals surface area contributed by atoms with Gasteiger partial charge < -0.3 is 25.4 Å². The third-order valence-electron chi connectivity index (χ3n) is 7.63. The number of rotatable bonds is 15. The van der Waals surface area contributed by atoms with Crippen LogP contribution < -0.4 is 11.0 Å². The van der Waals surface area contributed by atoms with Gasteiger partial charge in [-0.1, -0.05) is 89.0 Å². The van der Waals surface area contributed by atoms with E-state index in [4.69, 9.17) is 4.74 Å². The molecule has 10 nitrogen and oxygen atoms in total. The van der Waals surface area contributed by atoms with Gasteiger partial charge in [-0.2, -0.15) is 13.8 Å². The Kier molecular flexibility index (Phi) is 11.1. The molecule has 0 radical (unpaired) electrons. The Morgan fingerprint density at radius 1 is 1.10 bits per heavy atom. The molecule has 40 heavy (non-hydrogen) atoms. The summed E-state index contributed by atoms with van der Waals surface area (Å²) >= 11 is 0. The van der Waals surface area contributed by atoms with Gasteiger partial charge in [-0.25, -0.2) is 4.79 Å². The number of nitrogens with zero attached hydrogens (tertiary/aromatic N) is 2. The second kappa shape index (κ2) is 14.1. The highest BCUT2D eigenvalue weighted by Crippen LogP contribution is 2.42. The number of hydrogen-bond donors (Lipinski definition) is 4. The van der Waals surface area contributed by atoms with Crippen molar-refractivity contribution in [2.75, 3.05) is 11.9 Å². The zero-order valence-corrected chi connectivity index (χ0v) is 22.7. The molecule has 0 spiro atoms. The fourth-order valence-corrected chi connectivity index (χ4v) is 5.29. The van der Waals surface area contributed by atoms with Crippen LogP contribution in [0, 0.1) is 11.3 Å². The molecule has 1 aliphatic heterocycles. The predicted molar refractivity (Wildman–Crippen MR) is 143 cm³/mol. The van der Waals surface area contributed by atoms with E-state index in [2.05, 4.69) is 17.2 Å². The van der Waals surface area contributed by atoms with Crippen molar-refractivity contribution >= 4 is 17.7 Å². The van der Waals surface area contributed by atoms with E-state index >= 15 is 0 Å². The van der Waals surface area contributed by atoms with Gasteiger partial charge >= 0.3 is 17.6 Å². The lowest BCUT2D eigenvalue weighted by Gasteiger charge is -2.35. The Labute approximate surface area is 231 Å². The number of carbonyl (C=O) groups is 2. The summed E-state index contributed by atoms with van der Waals surface area (Å²) in [5.74, 6) is -7.12. The quantitative estimate of drug-likeness (QED) is 0.234. The number of carboxylic acid groups (broad SMARTS) is 1. The highest BCUT2D eigenvalue weighted by molar-refractivity contribution is 5.99. The zero-order valence-electron chi connectivity index (χ0n) is 22.7. The van der Waals surface area contributed by atoms with Crippen molar-refractivity contribution in [1.29, 1.82) is 0 Å². The van der Waals surface area contributed by atoms with Gasteiger partial charge in [0.2, 0.25) is 12.1 Å². The van der Waals surface area contributed by atoms with Gasteiger partial charge in [0.15, 0.2) is 6.10 Å². The van der Waals surface area contributed by atoms with Gasteiger partial charge in [0, 0.05) is 6.20 Å². The van der Waals surface area contributed by atoms with Gasteiger partial charge in [-0.15, -0.1) is 0 Å². The number of unbranched alkanes of at least 4 members (excludes halogenated alkanes) is 8. The average Bonchev–Trinajstić information content (AvgIpc) is 3.15. The van der Waals surface area contributed by atoms with Gasteiger partial charge in [0.25, 0.3) is 0 Å². The second-order valence-electron chi connectivity index (χ2n) is 10.5. The van der Waals surface area contributed by atoms with Crippen LogP contribution in [-0.4, -0.2) is 61.5 Å². The first kappa shape index (κ1) is 31.6. The van der Waals surface area contributed by atoms with Crippen molar-refractivity contribution in [3.05, 3.63) is 47.1 Å². The van der Waals surface area contributed by atoms with E-state index < -0.39 is 59.9 Å². The molecule has 3 rings (SSSR count). The Morgan fingerprint density at radius 3 is 2.33 bits per heavy atom. The molecular weight excluding hydrogens is 528 g/mol. The van der Waals surface area contributed by atoms with Gasteiger partial charge in [0.05, 0.1) is 17.9 Å². The molecule has 1 aliphatic carbocycles. The number of hydrogen-bond acceptors (Lipinski definition) is 7. The van der Waals surface area contributed by atoms with E-state index in [1.165, 1.54) is 31.8 Å². The highest BCUT2D eigenvalue weighted by Gasteiger charge is 2.59. The summed E-state index contributed by atoms with van der Waals surface area (Å²) in [4.78, 5) is 41.9. The van der Waals surface area contributed by atoms with Crippen LogP contribution in [-0.2, 0) is 14.3 Å². The molecule has 5 atom stereocenters. The summed E-state index contributed by atoms with van der Waals surface area (Å²) in [5.41, 5.74) is -2.62. The molecule has 12 heteroatoms. The maximum Gasteiger partial charge on any atom is 0.351 e. The van der Waals surface area contributed by atoms with E-state index in [-0.39, 0.29) is 12.2 Å². The number of halogens is 2. The number of allylic oxidation sites excluding steroid dienone is 2. The van der Waals surface area contributed by atoms with Gasteiger partial charge in [-0.05, 0) is 12.5 Å². The summed E-state index contributed by atoms with van der Waals surface area (Å²) < 4.78 is 34.4. The molecule has 0 bridgehead atoms. The fourth-order valence-electron chi connectivity index (χ4n) is 5.29. The maximum absolute atomic E-state index is 14.5. The number of anilines is 1. The van der Waals surface area contributed by atoms with Crippen LogP contribution in [0.4, 0.5) is 14.6 Å². The van der Waals surface area contributed by atoms with Gasteiger partial charge in [0.1, 0.15) is 11.9 Å². The molecule has 0 saturated carbocycles. The summed E-state index contributed by atoms with van der Waals surface area (Å²) in [6.45, 7) is 1.29. The van der Waals surface area contributed by atoms with Crippen molar-refractivity contribution in [2.24, 2.45) is 11.3 Å². The molecule has 1 aromatic heterocycles. The normalized spacial score (nSPS) is 27.1. The monoisotopic (exact) mass is 567 g/mol. The molecule has 2 unspecified atom stereocenters. The molecule has 1 amide bonds. The molecule has 2 heterocycles. The SMILES string of the molecule is CCCCCCCCCCCC1(C(=O)Nc2ccn([C@@H]3O[C@H](CO)[C@@H](O)C3(F)F)c(=O)n2)C=CC=CC1C(=O)O. The summed E-state index contributed by atoms with van der Waals surface area (Å²) in [6, 6.07) is 1.11. The van der Waals surface area contributed by atoms with Crippen molar-refractivity contribution in [2.45, 2.75) is 95.5 Å². The first-order valence-electron chi connectivity index (χ1n) is 13.9. The Morgan fingerprint density at radius 2 is 1.75 bits per heavy atom. The number of carboxylic acids is 1. The predicted octanol–water partition coefficient (Wildman–Crippen LogP) is 3.80. The molecule has 0 aromatic carbocycles. The zero-order chi connectivity index (χ0) is 29.3. The lowest BCUT2D eigenvalue weighted by atomic mass is 9.68. The van der Waals surface area contributed by atoms with Crippen LogP contribution >= 0.6 is 0 Å². The van der Waals surface area contributed by atoms with E-state index in [0.717, 1.165) is 37.9 Å². The Bertz CT molecular complexity index is 1140. The topological polar surface area (TPSA) is 151 Å². The maximum atomic E-state index is 14.5. The average molecular weight is 568 g/mol. The number of ether oxygens (including phenoxy) is 1. The number of aromatic nitrogens is 2. The third-order valence-corrected chi connectivity index (χ3v) is 7.63. The number of aliphatic carboxylic acids is 1. The lowest BCUT2D eigenvalue weighted by molar-refractivity contribution is -0.147. The first-order chi connectivity index (χ1) is 19.1. The molecule has 1 aromatic rings. The molecular formula is C28H39F2N3O7. The van der Waals surface area contributed by atoms with Crippen LogP contribution in [0.3, 0.4) is 0 Å². The molecule has 222 valence electrons. The minimum absolute atomic E-state index is 0.245.